The van der Waals surface area contributed by atoms with Crippen LogP contribution in [0.3, 0.4) is 0 Å². The van der Waals surface area contributed by atoms with Gasteiger partial charge in [0.25, 0.3) is 0 Å². The van der Waals surface area contributed by atoms with E-state index in [1.165, 1.54) is 35.3 Å². The van der Waals surface area contributed by atoms with Gasteiger partial charge in [-0.25, -0.2) is 9.07 Å². The Hall–Kier alpha value is -4.35. The smallest absolute Gasteiger partial charge is 0.227 e. The topological polar surface area (TPSA) is 121 Å². The number of nitrogens with zero attached hydrogens (tertiary/aromatic N) is 6. The summed E-state index contributed by atoms with van der Waals surface area (Å²) in [7, 11) is 1.79. The normalized spacial score (nSPS) is 17.2. The highest BCUT2D eigenvalue weighted by Crippen LogP contribution is 2.36. The van der Waals surface area contributed by atoms with Gasteiger partial charge in [0.2, 0.25) is 5.91 Å². The zero-order chi connectivity index (χ0) is 29.5. The number of fused-ring (bicyclic) bond motifs is 4. The van der Waals surface area contributed by atoms with Crippen LogP contribution >= 0.6 is 23.2 Å². The van der Waals surface area contributed by atoms with Crippen LogP contribution in [0.1, 0.15) is 43.4 Å². The lowest BCUT2D eigenvalue weighted by atomic mass is 9.88. The molecule has 1 aromatic carbocycles. The van der Waals surface area contributed by atoms with Crippen LogP contribution in [0.2, 0.25) is 10.2 Å². The number of pyridine rings is 1. The Morgan fingerprint density at radius 1 is 1.14 bits per heavy atom. The second kappa shape index (κ2) is 11.1. The number of aryl methyl sites for hydroxylation is 1. The monoisotopic (exact) mass is 607 g/mol. The van der Waals surface area contributed by atoms with E-state index < -0.39 is 11.7 Å². The Balaban J connectivity index is 1.46. The molecular formula is C29H24Cl2FN7O3. The van der Waals surface area contributed by atoms with Crippen molar-refractivity contribution >= 4 is 34.8 Å². The Morgan fingerprint density at radius 2 is 1.98 bits per heavy atom. The van der Waals surface area contributed by atoms with Crippen molar-refractivity contribution in [3.05, 3.63) is 92.7 Å². The van der Waals surface area contributed by atoms with E-state index in [-0.39, 0.29) is 44.4 Å². The summed E-state index contributed by atoms with van der Waals surface area (Å²) >= 11 is 12.0. The van der Waals surface area contributed by atoms with Crippen LogP contribution in [0.5, 0.6) is 0 Å². The first kappa shape index (κ1) is 27.8. The Kier molecular flexibility index (Phi) is 7.38. The first-order chi connectivity index (χ1) is 20.2. The molecule has 1 aliphatic heterocycles. The van der Waals surface area contributed by atoms with Gasteiger partial charge in [0.05, 0.1) is 46.3 Å². The highest BCUT2D eigenvalue weighted by Gasteiger charge is 2.26. The fourth-order valence-corrected chi connectivity index (χ4v) is 5.55. The molecule has 0 saturated carbocycles. The zero-order valence-electron chi connectivity index (χ0n) is 22.5. The predicted octanol–water partition coefficient (Wildman–Crippen LogP) is 6.02. The number of rotatable bonds is 3. The summed E-state index contributed by atoms with van der Waals surface area (Å²) in [6.45, 7) is 1.87. The Bertz CT molecular complexity index is 1880. The van der Waals surface area contributed by atoms with Gasteiger partial charge < -0.3 is 9.73 Å². The summed E-state index contributed by atoms with van der Waals surface area (Å²) < 4.78 is 24.3. The number of hydrogen-bond donors (Lipinski definition) is 1. The Labute approximate surface area is 249 Å². The standard InChI is InChI=1S/C29H24Cl2FN7O3/c1-15-4-3-5-17(20-10-16(8-9-33-20)28-21(35-29(15)41)12-34-38(28)2)18-14-42-24(11-23(18)40)26-22(7-6-19(30)27(26)32)39-13-25(31)36-37-39/h6-15,17H,3-5H2,1-2H3,(H,35,41)/t15-,17?/m1/s1. The number of anilines is 1. The molecule has 2 bridgehead atoms. The number of aromatic nitrogens is 6. The van der Waals surface area contributed by atoms with Crippen molar-refractivity contribution in [3.8, 4) is 28.3 Å². The van der Waals surface area contributed by atoms with Crippen LogP contribution in [0, 0.1) is 11.7 Å². The number of carbonyl (C=O) groups is 1. The van der Waals surface area contributed by atoms with Crippen molar-refractivity contribution in [1.82, 2.24) is 29.8 Å². The van der Waals surface area contributed by atoms with Crippen molar-refractivity contribution in [2.45, 2.75) is 32.1 Å². The molecule has 5 aromatic rings. The van der Waals surface area contributed by atoms with E-state index in [1.807, 2.05) is 19.1 Å². The van der Waals surface area contributed by atoms with E-state index in [4.69, 9.17) is 27.6 Å². The van der Waals surface area contributed by atoms with Crippen LogP contribution in [-0.2, 0) is 11.8 Å². The minimum Gasteiger partial charge on any atom is -0.464 e. The zero-order valence-corrected chi connectivity index (χ0v) is 24.0. The Morgan fingerprint density at radius 3 is 2.74 bits per heavy atom. The SMILES string of the molecule is C[C@@H]1CCCC(c2coc(-c3c(-n4cc(Cl)nn4)ccc(Cl)c3F)cc2=O)c2cc(ccn2)-c2c(cnn2C)NC1=O. The van der Waals surface area contributed by atoms with Crippen molar-refractivity contribution in [3.63, 3.8) is 0 Å². The minimum atomic E-state index is -0.781. The average Bonchev–Trinajstić information content (AvgIpc) is 3.57. The molecule has 1 N–H and O–H groups in total. The van der Waals surface area contributed by atoms with Gasteiger partial charge in [-0.15, -0.1) is 5.10 Å². The van der Waals surface area contributed by atoms with Gasteiger partial charge in [-0.2, -0.15) is 5.10 Å². The lowest BCUT2D eigenvalue weighted by Crippen LogP contribution is -2.22. The van der Waals surface area contributed by atoms with E-state index in [9.17, 15) is 9.59 Å². The third-order valence-electron chi connectivity index (χ3n) is 7.45. The maximum absolute atomic E-state index is 15.4. The molecule has 42 heavy (non-hydrogen) atoms. The molecule has 0 saturated heterocycles. The molecule has 13 heteroatoms. The quantitative estimate of drug-likeness (QED) is 0.266. The molecule has 0 fully saturated rings. The number of carbonyl (C=O) groups excluding carboxylic acids is 1. The molecule has 6 rings (SSSR count). The number of nitrogens with one attached hydrogen (secondary N) is 1. The molecule has 1 unspecified atom stereocenters. The summed E-state index contributed by atoms with van der Waals surface area (Å²) in [5, 5.41) is 14.9. The van der Waals surface area contributed by atoms with E-state index >= 15 is 4.39 Å². The van der Waals surface area contributed by atoms with E-state index in [1.54, 1.807) is 24.1 Å². The second-order valence-electron chi connectivity index (χ2n) is 10.2. The molecule has 2 atom stereocenters. The van der Waals surface area contributed by atoms with Crippen molar-refractivity contribution in [2.24, 2.45) is 13.0 Å². The number of benzene rings is 1. The van der Waals surface area contributed by atoms with E-state index in [0.717, 1.165) is 11.3 Å². The van der Waals surface area contributed by atoms with Crippen molar-refractivity contribution < 1.29 is 13.6 Å². The lowest BCUT2D eigenvalue weighted by Gasteiger charge is -2.20. The summed E-state index contributed by atoms with van der Waals surface area (Å²) in [4.78, 5) is 31.2. The lowest BCUT2D eigenvalue weighted by molar-refractivity contribution is -0.119. The van der Waals surface area contributed by atoms with Gasteiger partial charge in [0.1, 0.15) is 5.76 Å². The predicted molar refractivity (Wildman–Crippen MR) is 155 cm³/mol. The van der Waals surface area contributed by atoms with Crippen LogP contribution in [0.15, 0.2) is 64.4 Å². The maximum Gasteiger partial charge on any atom is 0.227 e. The summed E-state index contributed by atoms with van der Waals surface area (Å²) in [5.41, 5.74) is 2.93. The van der Waals surface area contributed by atoms with Crippen molar-refractivity contribution in [2.75, 3.05) is 5.32 Å². The van der Waals surface area contributed by atoms with Crippen LogP contribution in [0.25, 0.3) is 28.3 Å². The molecule has 1 aliphatic rings. The molecule has 0 radical (unpaired) electrons. The second-order valence-corrected chi connectivity index (χ2v) is 11.0. The average molecular weight is 608 g/mol. The number of hydrogen-bond acceptors (Lipinski definition) is 7. The maximum atomic E-state index is 15.4. The van der Waals surface area contributed by atoms with E-state index in [2.05, 4.69) is 25.7 Å². The third kappa shape index (κ3) is 5.10. The molecule has 0 spiro atoms. The minimum absolute atomic E-state index is 0.0370. The summed E-state index contributed by atoms with van der Waals surface area (Å²) in [6.07, 6.45) is 7.80. The highest BCUT2D eigenvalue weighted by atomic mass is 35.5. The summed E-state index contributed by atoms with van der Waals surface area (Å²) in [5.74, 6) is -1.63. The van der Waals surface area contributed by atoms with Gasteiger partial charge >= 0.3 is 0 Å². The third-order valence-corrected chi connectivity index (χ3v) is 7.92. The largest absolute Gasteiger partial charge is 0.464 e. The molecule has 0 aliphatic carbocycles. The van der Waals surface area contributed by atoms with Gasteiger partial charge in [-0.3, -0.25) is 19.3 Å². The first-order valence-electron chi connectivity index (χ1n) is 13.2. The molecule has 5 heterocycles. The van der Waals surface area contributed by atoms with Gasteiger partial charge in [0, 0.05) is 48.0 Å². The molecule has 1 amide bonds. The molecule has 214 valence electrons. The van der Waals surface area contributed by atoms with Gasteiger partial charge in [-0.05, 0) is 37.1 Å². The van der Waals surface area contributed by atoms with Gasteiger partial charge in [-0.1, -0.05) is 41.8 Å². The summed E-state index contributed by atoms with van der Waals surface area (Å²) in [6, 6.07) is 7.86. The van der Waals surface area contributed by atoms with Crippen LogP contribution in [0.4, 0.5) is 10.1 Å². The first-order valence-corrected chi connectivity index (χ1v) is 14.0. The number of amides is 1. The van der Waals surface area contributed by atoms with Crippen LogP contribution in [-0.4, -0.2) is 35.7 Å². The number of halogens is 3. The van der Waals surface area contributed by atoms with E-state index in [0.29, 0.717) is 36.2 Å². The van der Waals surface area contributed by atoms with Gasteiger partial charge in [0.15, 0.2) is 16.4 Å². The fourth-order valence-electron chi connectivity index (χ4n) is 5.27. The fraction of sp³-hybridized carbons (Fsp3) is 0.241. The van der Waals surface area contributed by atoms with Crippen molar-refractivity contribution in [1.29, 1.82) is 0 Å². The molecular weight excluding hydrogens is 584 g/mol. The van der Waals surface area contributed by atoms with Crippen LogP contribution < -0.4 is 10.7 Å². The molecule has 10 nitrogen and oxygen atoms in total. The highest BCUT2D eigenvalue weighted by molar-refractivity contribution is 6.31. The molecule has 4 aromatic heterocycles.